The molecule has 4 rings (SSSR count). The first kappa shape index (κ1) is 21.5. The number of pyridine rings is 1. The molecule has 3 heterocycles. The Morgan fingerprint density at radius 2 is 1.94 bits per heavy atom. The number of aliphatic hydroxyl groups is 1. The van der Waals surface area contributed by atoms with Gasteiger partial charge in [-0.25, -0.2) is 0 Å². The first-order valence-corrected chi connectivity index (χ1v) is 10.8. The number of likely N-dealkylation sites (tertiary alicyclic amines) is 1. The lowest BCUT2D eigenvalue weighted by Gasteiger charge is -2.47. The molecule has 2 N–H and O–H groups in total. The maximum Gasteiger partial charge on any atom is 0.255 e. The molecule has 31 heavy (non-hydrogen) atoms. The number of carbonyl (C=O) groups excluding carboxylic acids is 2. The highest BCUT2D eigenvalue weighted by molar-refractivity contribution is 5.94. The van der Waals surface area contributed by atoms with E-state index < -0.39 is 11.6 Å². The van der Waals surface area contributed by atoms with E-state index in [1.165, 1.54) is 0 Å². The predicted octanol–water partition coefficient (Wildman–Crippen LogP) is 2.04. The van der Waals surface area contributed by atoms with E-state index in [0.29, 0.717) is 44.6 Å². The van der Waals surface area contributed by atoms with E-state index >= 15 is 0 Å². The summed E-state index contributed by atoms with van der Waals surface area (Å²) in [5.74, 6) is -0.346. The smallest absolute Gasteiger partial charge is 0.255 e. The van der Waals surface area contributed by atoms with E-state index in [4.69, 9.17) is 4.74 Å². The second-order valence-corrected chi connectivity index (χ2v) is 8.48. The lowest BCUT2D eigenvalue weighted by atomic mass is 9.77. The van der Waals surface area contributed by atoms with Crippen LogP contribution in [-0.2, 0) is 15.1 Å². The number of aromatic nitrogens is 1. The number of benzene rings is 1. The molecule has 0 radical (unpaired) electrons. The Labute approximate surface area is 182 Å². The standard InChI is InChI=1S/C24H29N3O4/c1-17-13-19(15-25-14-17)23(30)27-10-9-24(21(28)16-27,20-5-3-2-4-6-20)26-22(29)18-7-11-31-12-8-18/h2-6,13-15,18,21,28H,7-12,16H2,1H3,(H,26,29)/t21-,24+/m1/s1. The lowest BCUT2D eigenvalue weighted by molar-refractivity contribution is -0.133. The number of aryl methyl sites for hydroxylation is 1. The quantitative estimate of drug-likeness (QED) is 0.785. The normalized spacial score (nSPS) is 24.6. The minimum absolute atomic E-state index is 0.0612. The molecule has 2 saturated heterocycles. The van der Waals surface area contributed by atoms with Crippen molar-refractivity contribution in [2.24, 2.45) is 5.92 Å². The topological polar surface area (TPSA) is 91.8 Å². The van der Waals surface area contributed by atoms with Crippen LogP contribution in [0.5, 0.6) is 0 Å². The summed E-state index contributed by atoms with van der Waals surface area (Å²) >= 11 is 0. The highest BCUT2D eigenvalue weighted by Gasteiger charge is 2.46. The van der Waals surface area contributed by atoms with Gasteiger partial charge in [0.1, 0.15) is 0 Å². The average Bonchev–Trinajstić information content (AvgIpc) is 2.81. The van der Waals surface area contributed by atoms with Crippen molar-refractivity contribution in [2.45, 2.75) is 37.8 Å². The highest BCUT2D eigenvalue weighted by Crippen LogP contribution is 2.35. The van der Waals surface area contributed by atoms with Crippen LogP contribution in [0.2, 0.25) is 0 Å². The van der Waals surface area contributed by atoms with Crippen LogP contribution in [0.3, 0.4) is 0 Å². The summed E-state index contributed by atoms with van der Waals surface area (Å²) in [7, 11) is 0. The van der Waals surface area contributed by atoms with Gasteiger partial charge in [0, 0.05) is 44.6 Å². The van der Waals surface area contributed by atoms with Crippen molar-refractivity contribution in [3.8, 4) is 0 Å². The maximum absolute atomic E-state index is 13.1. The number of piperidine rings is 1. The van der Waals surface area contributed by atoms with Gasteiger partial charge in [-0.05, 0) is 43.4 Å². The third-order valence-corrected chi connectivity index (χ3v) is 6.37. The van der Waals surface area contributed by atoms with Gasteiger partial charge in [0.25, 0.3) is 5.91 Å². The Kier molecular flexibility index (Phi) is 6.34. The van der Waals surface area contributed by atoms with Crippen molar-refractivity contribution in [2.75, 3.05) is 26.3 Å². The molecule has 164 valence electrons. The molecule has 2 aromatic rings. The molecule has 7 heteroatoms. The number of ether oxygens (including phenoxy) is 1. The van der Waals surface area contributed by atoms with Crippen molar-refractivity contribution in [1.82, 2.24) is 15.2 Å². The van der Waals surface area contributed by atoms with Gasteiger partial charge in [-0.2, -0.15) is 0 Å². The highest BCUT2D eigenvalue weighted by atomic mass is 16.5. The fourth-order valence-corrected chi connectivity index (χ4v) is 4.54. The molecule has 2 aliphatic heterocycles. The fraction of sp³-hybridized carbons (Fsp3) is 0.458. The summed E-state index contributed by atoms with van der Waals surface area (Å²) in [6.07, 6.45) is 4.10. The molecule has 0 unspecified atom stereocenters. The number of carbonyl (C=O) groups is 2. The van der Waals surface area contributed by atoms with Crippen LogP contribution < -0.4 is 5.32 Å². The van der Waals surface area contributed by atoms with Crippen LogP contribution in [-0.4, -0.2) is 59.2 Å². The zero-order chi connectivity index (χ0) is 21.8. The monoisotopic (exact) mass is 423 g/mol. The van der Waals surface area contributed by atoms with E-state index in [9.17, 15) is 14.7 Å². The van der Waals surface area contributed by atoms with Gasteiger partial charge in [-0.1, -0.05) is 30.3 Å². The molecule has 2 atom stereocenters. The number of hydrogen-bond donors (Lipinski definition) is 2. The molecule has 2 amide bonds. The second kappa shape index (κ2) is 9.16. The van der Waals surface area contributed by atoms with Crippen LogP contribution in [0.4, 0.5) is 0 Å². The van der Waals surface area contributed by atoms with Crippen LogP contribution in [0.25, 0.3) is 0 Å². The third kappa shape index (κ3) is 4.48. The number of hydrogen-bond acceptors (Lipinski definition) is 5. The number of nitrogens with zero attached hydrogens (tertiary/aromatic N) is 2. The summed E-state index contributed by atoms with van der Waals surface area (Å²) in [5, 5.41) is 14.5. The molecule has 1 aromatic heterocycles. The average molecular weight is 424 g/mol. The van der Waals surface area contributed by atoms with Crippen molar-refractivity contribution < 1.29 is 19.4 Å². The number of aliphatic hydroxyl groups excluding tert-OH is 1. The zero-order valence-electron chi connectivity index (χ0n) is 17.8. The maximum atomic E-state index is 13.1. The molecular formula is C24H29N3O4. The second-order valence-electron chi connectivity index (χ2n) is 8.48. The van der Waals surface area contributed by atoms with Gasteiger partial charge in [-0.15, -0.1) is 0 Å². The van der Waals surface area contributed by atoms with E-state index in [0.717, 1.165) is 11.1 Å². The van der Waals surface area contributed by atoms with Gasteiger partial charge in [0.2, 0.25) is 5.91 Å². The number of amides is 2. The predicted molar refractivity (Wildman–Crippen MR) is 115 cm³/mol. The van der Waals surface area contributed by atoms with Gasteiger partial charge in [-0.3, -0.25) is 14.6 Å². The van der Waals surface area contributed by atoms with E-state index in [-0.39, 0.29) is 24.3 Å². The van der Waals surface area contributed by atoms with E-state index in [1.54, 1.807) is 23.4 Å². The molecule has 0 spiro atoms. The summed E-state index contributed by atoms with van der Waals surface area (Å²) in [6, 6.07) is 11.4. The number of rotatable bonds is 4. The fourth-order valence-electron chi connectivity index (χ4n) is 4.54. The van der Waals surface area contributed by atoms with Crippen molar-refractivity contribution in [3.63, 3.8) is 0 Å². The Hall–Kier alpha value is -2.77. The summed E-state index contributed by atoms with van der Waals surface area (Å²) in [6.45, 7) is 3.60. The first-order chi connectivity index (χ1) is 15.0. The van der Waals surface area contributed by atoms with Gasteiger partial charge in [0.15, 0.2) is 0 Å². The Morgan fingerprint density at radius 3 is 2.61 bits per heavy atom. The van der Waals surface area contributed by atoms with Gasteiger partial charge >= 0.3 is 0 Å². The Balaban J connectivity index is 1.56. The lowest BCUT2D eigenvalue weighted by Crippen LogP contribution is -2.63. The minimum atomic E-state index is -0.936. The minimum Gasteiger partial charge on any atom is -0.388 e. The Bertz CT molecular complexity index is 929. The molecule has 0 bridgehead atoms. The first-order valence-electron chi connectivity index (χ1n) is 10.8. The third-order valence-electron chi connectivity index (χ3n) is 6.37. The number of β-amino-alcohol motifs (C(OH)–C–C–N with tert-alkyl or cyclic N) is 1. The van der Waals surface area contributed by atoms with Crippen LogP contribution in [0.15, 0.2) is 48.8 Å². The van der Waals surface area contributed by atoms with Gasteiger partial charge in [0.05, 0.1) is 17.2 Å². The molecular weight excluding hydrogens is 394 g/mol. The van der Waals surface area contributed by atoms with E-state index in [2.05, 4.69) is 10.3 Å². The van der Waals surface area contributed by atoms with Crippen LogP contribution in [0.1, 0.15) is 40.7 Å². The SMILES string of the molecule is Cc1cncc(C(=O)N2CC[C@](NC(=O)C3CCOCC3)(c3ccccc3)[C@H](O)C2)c1. The Morgan fingerprint density at radius 1 is 1.19 bits per heavy atom. The number of nitrogens with one attached hydrogen (secondary N) is 1. The van der Waals surface area contributed by atoms with Crippen LogP contribution >= 0.6 is 0 Å². The summed E-state index contributed by atoms with van der Waals surface area (Å²) in [4.78, 5) is 31.8. The summed E-state index contributed by atoms with van der Waals surface area (Å²) in [5.41, 5.74) is 1.34. The van der Waals surface area contributed by atoms with E-state index in [1.807, 2.05) is 37.3 Å². The molecule has 1 aromatic carbocycles. The van der Waals surface area contributed by atoms with Crippen molar-refractivity contribution in [1.29, 1.82) is 0 Å². The van der Waals surface area contributed by atoms with Gasteiger partial charge < -0.3 is 20.1 Å². The van der Waals surface area contributed by atoms with Crippen molar-refractivity contribution in [3.05, 3.63) is 65.5 Å². The molecule has 7 nitrogen and oxygen atoms in total. The molecule has 2 aliphatic rings. The van der Waals surface area contributed by atoms with Crippen LogP contribution in [0, 0.1) is 12.8 Å². The largest absolute Gasteiger partial charge is 0.388 e. The molecule has 2 fully saturated rings. The molecule has 0 aliphatic carbocycles. The van der Waals surface area contributed by atoms with Crippen molar-refractivity contribution >= 4 is 11.8 Å². The summed E-state index contributed by atoms with van der Waals surface area (Å²) < 4.78 is 5.38. The molecule has 0 saturated carbocycles. The zero-order valence-corrected chi connectivity index (χ0v) is 17.8.